The molecule has 0 radical (unpaired) electrons. The highest BCUT2D eigenvalue weighted by molar-refractivity contribution is 9.10. The van der Waals surface area contributed by atoms with Crippen molar-refractivity contribution in [2.75, 3.05) is 10.5 Å². The maximum Gasteiger partial charge on any atom is 0.263 e. The van der Waals surface area contributed by atoms with E-state index in [1.807, 2.05) is 13.8 Å². The molecule has 0 aliphatic heterocycles. The lowest BCUT2D eigenvalue weighted by atomic mass is 10.2. The van der Waals surface area contributed by atoms with Gasteiger partial charge in [-0.15, -0.1) is 0 Å². The van der Waals surface area contributed by atoms with E-state index >= 15 is 0 Å². The minimum Gasteiger partial charge on any atom is -0.398 e. The third-order valence-corrected chi connectivity index (χ3v) is 5.45. The molecule has 21 heavy (non-hydrogen) atoms. The summed E-state index contributed by atoms with van der Waals surface area (Å²) in [5, 5.41) is 0.479. The first-order valence-electron chi connectivity index (χ1n) is 6.05. The first-order valence-corrected chi connectivity index (χ1v) is 8.71. The van der Waals surface area contributed by atoms with Gasteiger partial charge in [0.1, 0.15) is 4.90 Å². The molecule has 112 valence electrons. The van der Waals surface area contributed by atoms with Crippen molar-refractivity contribution in [3.05, 3.63) is 51.0 Å². The number of anilines is 2. The molecule has 0 spiro atoms. The summed E-state index contributed by atoms with van der Waals surface area (Å²) in [5.41, 5.74) is 8.11. The normalized spacial score (nSPS) is 11.4. The Hall–Kier alpha value is -1.24. The zero-order chi connectivity index (χ0) is 15.8. The lowest BCUT2D eigenvalue weighted by molar-refractivity contribution is 0.601. The van der Waals surface area contributed by atoms with Gasteiger partial charge in [0.15, 0.2) is 0 Å². The Kier molecular flexibility index (Phi) is 4.51. The minimum atomic E-state index is -3.78. The summed E-state index contributed by atoms with van der Waals surface area (Å²) in [4.78, 5) is 0.0386. The van der Waals surface area contributed by atoms with Gasteiger partial charge < -0.3 is 5.73 Å². The van der Waals surface area contributed by atoms with Crippen molar-refractivity contribution >= 4 is 48.9 Å². The lowest BCUT2D eigenvalue weighted by Gasteiger charge is -2.13. The minimum absolute atomic E-state index is 0.0386. The molecule has 0 saturated carbocycles. The molecule has 0 bridgehead atoms. The molecule has 7 heteroatoms. The Morgan fingerprint density at radius 3 is 2.48 bits per heavy atom. The Labute approximate surface area is 137 Å². The van der Waals surface area contributed by atoms with Gasteiger partial charge in [0.05, 0.1) is 11.4 Å². The first-order chi connectivity index (χ1) is 9.70. The van der Waals surface area contributed by atoms with Crippen molar-refractivity contribution in [1.29, 1.82) is 0 Å². The monoisotopic (exact) mass is 388 g/mol. The zero-order valence-electron chi connectivity index (χ0n) is 11.4. The molecular formula is C14H14BrClN2O2S. The molecule has 0 aromatic heterocycles. The van der Waals surface area contributed by atoms with Crippen molar-refractivity contribution in [1.82, 2.24) is 0 Å². The molecule has 4 nitrogen and oxygen atoms in total. The Morgan fingerprint density at radius 1 is 1.19 bits per heavy atom. The van der Waals surface area contributed by atoms with Gasteiger partial charge in [0.25, 0.3) is 10.0 Å². The lowest BCUT2D eigenvalue weighted by Crippen LogP contribution is -2.15. The van der Waals surface area contributed by atoms with Crippen molar-refractivity contribution in [3.63, 3.8) is 0 Å². The molecular weight excluding hydrogens is 376 g/mol. The number of nitrogens with two attached hydrogens (primary N) is 1. The molecule has 0 heterocycles. The molecule has 2 aromatic rings. The van der Waals surface area contributed by atoms with Crippen LogP contribution in [0.5, 0.6) is 0 Å². The summed E-state index contributed by atoms with van der Waals surface area (Å²) in [5.74, 6) is 0. The predicted molar refractivity (Wildman–Crippen MR) is 90.3 cm³/mol. The average Bonchev–Trinajstić information content (AvgIpc) is 2.35. The van der Waals surface area contributed by atoms with E-state index < -0.39 is 10.0 Å². The maximum absolute atomic E-state index is 12.4. The van der Waals surface area contributed by atoms with Crippen LogP contribution >= 0.6 is 27.5 Å². The van der Waals surface area contributed by atoms with E-state index in [4.69, 9.17) is 17.3 Å². The van der Waals surface area contributed by atoms with E-state index in [1.54, 1.807) is 24.3 Å². The van der Waals surface area contributed by atoms with E-state index in [2.05, 4.69) is 20.7 Å². The van der Waals surface area contributed by atoms with Gasteiger partial charge in [-0.2, -0.15) is 0 Å². The van der Waals surface area contributed by atoms with Crippen LogP contribution in [-0.4, -0.2) is 8.42 Å². The summed E-state index contributed by atoms with van der Waals surface area (Å²) in [6.45, 7) is 3.68. The quantitative estimate of drug-likeness (QED) is 0.776. The Morgan fingerprint density at radius 2 is 1.86 bits per heavy atom. The predicted octanol–water partition coefficient (Wildman–Crippen LogP) is 4.10. The number of halogens is 2. The van der Waals surface area contributed by atoms with Crippen LogP contribution in [-0.2, 0) is 10.0 Å². The topological polar surface area (TPSA) is 72.2 Å². The fourth-order valence-corrected chi connectivity index (χ4v) is 3.87. The SMILES string of the molecule is Cc1ccc(S(=O)(=O)Nc2cc(Cl)c(C)cc2Br)c(N)c1. The third-order valence-electron chi connectivity index (χ3n) is 2.95. The van der Waals surface area contributed by atoms with Gasteiger partial charge in [-0.1, -0.05) is 17.7 Å². The standard InChI is InChI=1S/C14H14BrClN2O2S/c1-8-3-4-14(12(17)5-8)21(19,20)18-13-7-11(16)9(2)6-10(13)15/h3-7,18H,17H2,1-2H3. The van der Waals surface area contributed by atoms with Crippen LogP contribution in [0.1, 0.15) is 11.1 Å². The third kappa shape index (κ3) is 3.51. The second kappa shape index (κ2) is 5.87. The molecule has 2 rings (SSSR count). The molecule has 0 fully saturated rings. The fourth-order valence-electron chi connectivity index (χ4n) is 1.84. The largest absolute Gasteiger partial charge is 0.398 e. The van der Waals surface area contributed by atoms with Crippen molar-refractivity contribution in [2.24, 2.45) is 0 Å². The number of hydrogen-bond donors (Lipinski definition) is 2. The van der Waals surface area contributed by atoms with Crippen molar-refractivity contribution < 1.29 is 8.42 Å². The highest BCUT2D eigenvalue weighted by atomic mass is 79.9. The molecule has 0 unspecified atom stereocenters. The molecule has 0 saturated heterocycles. The van der Waals surface area contributed by atoms with E-state index in [0.29, 0.717) is 15.2 Å². The Balaban J connectivity index is 2.45. The second-order valence-electron chi connectivity index (χ2n) is 4.73. The number of hydrogen-bond acceptors (Lipinski definition) is 3. The van der Waals surface area contributed by atoms with Gasteiger partial charge in [-0.25, -0.2) is 8.42 Å². The fraction of sp³-hybridized carbons (Fsp3) is 0.143. The maximum atomic E-state index is 12.4. The van der Waals surface area contributed by atoms with E-state index in [0.717, 1.165) is 11.1 Å². The number of benzene rings is 2. The van der Waals surface area contributed by atoms with Crippen LogP contribution in [0, 0.1) is 13.8 Å². The molecule has 0 amide bonds. The summed E-state index contributed by atoms with van der Waals surface area (Å²) in [6.07, 6.45) is 0. The van der Waals surface area contributed by atoms with E-state index in [9.17, 15) is 8.42 Å². The zero-order valence-corrected chi connectivity index (χ0v) is 14.6. The van der Waals surface area contributed by atoms with Crippen molar-refractivity contribution in [2.45, 2.75) is 18.7 Å². The Bertz CT molecular complexity index is 807. The summed E-state index contributed by atoms with van der Waals surface area (Å²) < 4.78 is 28.0. The molecule has 0 atom stereocenters. The van der Waals surface area contributed by atoms with Gasteiger partial charge in [0.2, 0.25) is 0 Å². The van der Waals surface area contributed by atoms with Crippen LogP contribution in [0.2, 0.25) is 5.02 Å². The number of nitrogen functional groups attached to an aromatic ring is 1. The molecule has 3 N–H and O–H groups in total. The van der Waals surface area contributed by atoms with Gasteiger partial charge >= 0.3 is 0 Å². The summed E-state index contributed by atoms with van der Waals surface area (Å²) in [6, 6.07) is 8.10. The average molecular weight is 390 g/mol. The first kappa shape index (κ1) is 16.1. The number of rotatable bonds is 3. The molecule has 0 aliphatic carbocycles. The van der Waals surface area contributed by atoms with Gasteiger partial charge in [0, 0.05) is 9.50 Å². The highest BCUT2D eigenvalue weighted by Gasteiger charge is 2.19. The summed E-state index contributed by atoms with van der Waals surface area (Å²) in [7, 11) is -3.78. The number of aryl methyl sites for hydroxylation is 2. The van der Waals surface area contributed by atoms with Crippen LogP contribution in [0.25, 0.3) is 0 Å². The van der Waals surface area contributed by atoms with Gasteiger partial charge in [-0.3, -0.25) is 4.72 Å². The highest BCUT2D eigenvalue weighted by Crippen LogP contribution is 2.31. The molecule has 2 aromatic carbocycles. The van der Waals surface area contributed by atoms with Crippen LogP contribution < -0.4 is 10.5 Å². The number of nitrogens with one attached hydrogen (secondary N) is 1. The summed E-state index contributed by atoms with van der Waals surface area (Å²) >= 11 is 9.35. The number of sulfonamides is 1. The van der Waals surface area contributed by atoms with Crippen molar-refractivity contribution in [3.8, 4) is 0 Å². The van der Waals surface area contributed by atoms with Crippen LogP contribution in [0.3, 0.4) is 0 Å². The van der Waals surface area contributed by atoms with Crippen LogP contribution in [0.15, 0.2) is 39.7 Å². The smallest absolute Gasteiger partial charge is 0.263 e. The second-order valence-corrected chi connectivity index (χ2v) is 7.64. The van der Waals surface area contributed by atoms with Crippen LogP contribution in [0.4, 0.5) is 11.4 Å². The van der Waals surface area contributed by atoms with Gasteiger partial charge in [-0.05, 0) is 65.2 Å². The van der Waals surface area contributed by atoms with E-state index in [1.165, 1.54) is 6.07 Å². The van der Waals surface area contributed by atoms with E-state index in [-0.39, 0.29) is 10.6 Å². The molecule has 0 aliphatic rings.